The molecular weight excluding hydrogens is 254 g/mol. The maximum atomic E-state index is 4.00. The Morgan fingerprint density at radius 1 is 0.857 bits per heavy atom. The minimum atomic E-state index is 0.703. The van der Waals surface area contributed by atoms with E-state index < -0.39 is 0 Å². The zero-order valence-electron chi connectivity index (χ0n) is 15.9. The predicted octanol–water partition coefficient (Wildman–Crippen LogP) is 5.99. The van der Waals surface area contributed by atoms with Crippen molar-refractivity contribution in [2.75, 3.05) is 13.1 Å². The van der Waals surface area contributed by atoms with Gasteiger partial charge >= 0.3 is 0 Å². The second-order valence-corrected chi connectivity index (χ2v) is 7.36. The summed E-state index contributed by atoms with van der Waals surface area (Å²) < 4.78 is 0. The maximum absolute atomic E-state index is 4.00. The van der Waals surface area contributed by atoms with Crippen molar-refractivity contribution in [2.45, 2.75) is 93.0 Å². The van der Waals surface area contributed by atoms with Crippen molar-refractivity contribution in [3.8, 4) is 12.8 Å². The van der Waals surface area contributed by atoms with Crippen molar-refractivity contribution in [1.82, 2.24) is 4.90 Å². The van der Waals surface area contributed by atoms with Gasteiger partial charge in [-0.05, 0) is 64.0 Å². The number of nitrogens with zero attached hydrogens (tertiary/aromatic N) is 1. The van der Waals surface area contributed by atoms with Crippen molar-refractivity contribution in [3.63, 3.8) is 0 Å². The van der Waals surface area contributed by atoms with Crippen molar-refractivity contribution in [1.29, 1.82) is 0 Å². The van der Waals surface area contributed by atoms with E-state index in [9.17, 15) is 0 Å². The van der Waals surface area contributed by atoms with Gasteiger partial charge in [0, 0.05) is 6.04 Å². The number of likely N-dealkylation sites (tertiary alicyclic amines) is 1. The highest BCUT2D eigenvalue weighted by molar-refractivity contribution is 4.86. The Bertz CT molecular complexity index is 221. The molecule has 0 unspecified atom stereocenters. The Hall–Kier alpha value is -0.480. The van der Waals surface area contributed by atoms with Crippen LogP contribution in [0.4, 0.5) is 0 Å². The molecule has 1 nitrogen and oxygen atoms in total. The van der Waals surface area contributed by atoms with Crippen LogP contribution in [0, 0.1) is 24.2 Å². The number of rotatable bonds is 5. The molecule has 0 spiro atoms. The fourth-order valence-corrected chi connectivity index (χ4v) is 3.20. The molecule has 0 aromatic rings. The van der Waals surface area contributed by atoms with Gasteiger partial charge in [-0.15, -0.1) is 12.8 Å². The molecule has 1 saturated heterocycles. The predicted molar refractivity (Wildman–Crippen MR) is 98.6 cm³/mol. The molecule has 1 aliphatic heterocycles. The first-order valence-corrected chi connectivity index (χ1v) is 8.94. The molecule has 1 heterocycles. The maximum Gasteiger partial charge on any atom is 0.00385 e. The van der Waals surface area contributed by atoms with Crippen LogP contribution < -0.4 is 0 Å². The Labute approximate surface area is 135 Å². The lowest BCUT2D eigenvalue weighted by Gasteiger charge is -2.43. The molecule has 1 rings (SSSR count). The molecule has 0 aliphatic carbocycles. The average Bonchev–Trinajstić information content (AvgIpc) is 2.41. The number of hydrogen-bond acceptors (Lipinski definition) is 1. The minimum absolute atomic E-state index is 0.703. The molecule has 0 N–H and O–H groups in total. The average molecular weight is 296 g/mol. The van der Waals surface area contributed by atoms with Crippen molar-refractivity contribution in [2.24, 2.45) is 11.3 Å². The van der Waals surface area contributed by atoms with Crippen LogP contribution in [0.15, 0.2) is 0 Å². The van der Waals surface area contributed by atoms with Crippen LogP contribution in [0.5, 0.6) is 0 Å². The van der Waals surface area contributed by atoms with Gasteiger partial charge < -0.3 is 4.90 Å². The summed E-state index contributed by atoms with van der Waals surface area (Å²) in [7, 11) is 0. The second-order valence-electron chi connectivity index (χ2n) is 7.36. The lowest BCUT2D eigenvalue weighted by atomic mass is 9.72. The van der Waals surface area contributed by atoms with Gasteiger partial charge in [-0.25, -0.2) is 0 Å². The zero-order chi connectivity index (χ0) is 16.9. The summed E-state index contributed by atoms with van der Waals surface area (Å²) in [6, 6.07) is 0.742. The van der Waals surface area contributed by atoms with E-state index in [1.807, 2.05) is 0 Å². The van der Waals surface area contributed by atoms with Crippen molar-refractivity contribution >= 4 is 0 Å². The third kappa shape index (κ3) is 10.8. The Morgan fingerprint density at radius 3 is 1.43 bits per heavy atom. The summed E-state index contributed by atoms with van der Waals surface area (Å²) in [6.45, 7) is 18.5. The number of hydrogen-bond donors (Lipinski definition) is 0. The molecule has 0 atom stereocenters. The second kappa shape index (κ2) is 13.2. The monoisotopic (exact) mass is 295 g/mol. The lowest BCUT2D eigenvalue weighted by molar-refractivity contribution is 0.0676. The van der Waals surface area contributed by atoms with Crippen LogP contribution in [-0.4, -0.2) is 24.0 Å². The van der Waals surface area contributed by atoms with Crippen LogP contribution in [0.2, 0.25) is 0 Å². The highest BCUT2D eigenvalue weighted by Crippen LogP contribution is 2.40. The lowest BCUT2D eigenvalue weighted by Crippen LogP contribution is -2.43. The van der Waals surface area contributed by atoms with E-state index in [2.05, 4.69) is 66.2 Å². The summed E-state index contributed by atoms with van der Waals surface area (Å²) in [6.07, 6.45) is 16.5. The number of piperidine rings is 1. The first kappa shape index (κ1) is 22.8. The molecule has 0 saturated carbocycles. The SMILES string of the molecule is C#C.CC(C)C.CCCC1(CCC)CCN(C(C)C)CC1. The fraction of sp³-hybridized carbons (Fsp3) is 0.900. The van der Waals surface area contributed by atoms with E-state index >= 15 is 0 Å². The Kier molecular flexibility index (Phi) is 14.3. The Morgan fingerprint density at radius 2 is 1.19 bits per heavy atom. The van der Waals surface area contributed by atoms with Crippen molar-refractivity contribution in [3.05, 3.63) is 0 Å². The standard InChI is InChI=1S/C14H29N.C4H10.C2H2/c1-5-7-14(8-6-2)9-11-15(12-10-14)13(3)4;1-4(2)3;1-2/h13H,5-12H2,1-4H3;4H,1-3H3;1-2H. The molecule has 1 heteroatoms. The topological polar surface area (TPSA) is 3.24 Å². The van der Waals surface area contributed by atoms with Crippen LogP contribution in [0.1, 0.15) is 87.0 Å². The largest absolute Gasteiger partial charge is 0.301 e. The van der Waals surface area contributed by atoms with E-state index in [0.717, 1.165) is 12.0 Å². The van der Waals surface area contributed by atoms with E-state index in [4.69, 9.17) is 0 Å². The van der Waals surface area contributed by atoms with Gasteiger partial charge in [0.2, 0.25) is 0 Å². The minimum Gasteiger partial charge on any atom is -0.301 e. The van der Waals surface area contributed by atoms with Gasteiger partial charge in [-0.3, -0.25) is 0 Å². The quantitative estimate of drug-likeness (QED) is 0.563. The van der Waals surface area contributed by atoms with Gasteiger partial charge in [-0.2, -0.15) is 0 Å². The van der Waals surface area contributed by atoms with Crippen LogP contribution >= 0.6 is 0 Å². The van der Waals surface area contributed by atoms with Gasteiger partial charge in [0.05, 0.1) is 0 Å². The summed E-state index contributed by atoms with van der Waals surface area (Å²) >= 11 is 0. The normalized spacial score (nSPS) is 17.7. The van der Waals surface area contributed by atoms with Gasteiger partial charge in [0.1, 0.15) is 0 Å². The molecular formula is C20H41N. The van der Waals surface area contributed by atoms with Gasteiger partial charge in [0.15, 0.2) is 0 Å². The first-order chi connectivity index (χ1) is 9.87. The Balaban J connectivity index is 0. The number of terminal acetylenes is 1. The highest BCUT2D eigenvalue weighted by Gasteiger charge is 2.33. The molecule has 0 radical (unpaired) electrons. The van der Waals surface area contributed by atoms with E-state index in [1.54, 1.807) is 0 Å². The summed E-state index contributed by atoms with van der Waals surface area (Å²) in [4.78, 5) is 2.64. The smallest absolute Gasteiger partial charge is 0.00385 e. The summed E-state index contributed by atoms with van der Waals surface area (Å²) in [5.41, 5.74) is 0.703. The highest BCUT2D eigenvalue weighted by atomic mass is 15.2. The molecule has 21 heavy (non-hydrogen) atoms. The third-order valence-corrected chi connectivity index (χ3v) is 4.15. The third-order valence-electron chi connectivity index (χ3n) is 4.15. The zero-order valence-corrected chi connectivity index (χ0v) is 15.9. The molecule has 0 bridgehead atoms. The molecule has 1 fully saturated rings. The van der Waals surface area contributed by atoms with Crippen LogP contribution in [0.25, 0.3) is 0 Å². The van der Waals surface area contributed by atoms with Gasteiger partial charge in [0.25, 0.3) is 0 Å². The molecule has 0 aromatic heterocycles. The van der Waals surface area contributed by atoms with E-state index in [1.165, 1.54) is 51.6 Å². The molecule has 0 aromatic carbocycles. The van der Waals surface area contributed by atoms with E-state index in [0.29, 0.717) is 5.41 Å². The van der Waals surface area contributed by atoms with Crippen molar-refractivity contribution < 1.29 is 0 Å². The van der Waals surface area contributed by atoms with Crippen LogP contribution in [-0.2, 0) is 0 Å². The van der Waals surface area contributed by atoms with E-state index in [-0.39, 0.29) is 0 Å². The first-order valence-electron chi connectivity index (χ1n) is 8.94. The summed E-state index contributed by atoms with van der Waals surface area (Å²) in [5, 5.41) is 0. The molecule has 0 amide bonds. The fourth-order valence-electron chi connectivity index (χ4n) is 3.20. The molecule has 126 valence electrons. The van der Waals surface area contributed by atoms with Gasteiger partial charge in [-0.1, -0.05) is 47.5 Å². The molecule has 1 aliphatic rings. The summed E-state index contributed by atoms with van der Waals surface area (Å²) in [5.74, 6) is 0.833. The van der Waals surface area contributed by atoms with Crippen LogP contribution in [0.3, 0.4) is 0 Å².